The van der Waals surface area contributed by atoms with Gasteiger partial charge in [0.05, 0.1) is 6.42 Å². The molecule has 0 N–H and O–H groups in total. The number of rotatable bonds is 2. The smallest absolute Gasteiger partial charge is 0.245 e. The summed E-state index contributed by atoms with van der Waals surface area (Å²) in [6.07, 6.45) is 2.37. The van der Waals surface area contributed by atoms with Crippen molar-refractivity contribution < 1.29 is 9.59 Å². The van der Waals surface area contributed by atoms with Gasteiger partial charge < -0.3 is 9.80 Å². The fraction of sp³-hybridized carbons (Fsp3) is 0.500. The minimum absolute atomic E-state index is 0.0183. The molecule has 112 valence electrons. The largest absolute Gasteiger partial charge is 0.336 e. The quantitative estimate of drug-likeness (QED) is 0.839. The molecule has 2 aliphatic rings. The van der Waals surface area contributed by atoms with Crippen LogP contribution in [0.1, 0.15) is 25.3 Å². The van der Waals surface area contributed by atoms with Gasteiger partial charge in [0, 0.05) is 24.2 Å². The van der Waals surface area contributed by atoms with E-state index in [1.54, 1.807) is 17.0 Å². The Morgan fingerprint density at radius 1 is 1.33 bits per heavy atom. The molecule has 1 aromatic rings. The van der Waals surface area contributed by atoms with E-state index in [1.807, 2.05) is 24.0 Å². The summed E-state index contributed by atoms with van der Waals surface area (Å²) < 4.78 is 0. The lowest BCUT2D eigenvalue weighted by Gasteiger charge is -2.41. The van der Waals surface area contributed by atoms with Crippen molar-refractivity contribution in [2.45, 2.75) is 38.3 Å². The Balaban J connectivity index is 1.71. The van der Waals surface area contributed by atoms with Gasteiger partial charge in [0.15, 0.2) is 0 Å². The molecule has 0 saturated carbocycles. The maximum Gasteiger partial charge on any atom is 0.245 e. The third-order valence-corrected chi connectivity index (χ3v) is 4.73. The lowest BCUT2D eigenvalue weighted by atomic mass is 10.0. The Morgan fingerprint density at radius 2 is 2.05 bits per heavy atom. The zero-order valence-electron chi connectivity index (χ0n) is 12.1. The highest BCUT2D eigenvalue weighted by atomic mass is 35.5. The number of carbonyl (C=O) groups is 2. The van der Waals surface area contributed by atoms with Gasteiger partial charge in [0.2, 0.25) is 11.8 Å². The molecule has 2 amide bonds. The molecule has 2 heterocycles. The topological polar surface area (TPSA) is 40.6 Å². The number of benzene rings is 1. The first kappa shape index (κ1) is 14.4. The molecule has 4 nitrogen and oxygen atoms in total. The first-order valence-corrected chi connectivity index (χ1v) is 7.78. The number of amides is 2. The highest BCUT2D eigenvalue weighted by Crippen LogP contribution is 2.26. The van der Waals surface area contributed by atoms with Gasteiger partial charge in [0.25, 0.3) is 0 Å². The number of fused-ring (bicyclic) bond motifs is 1. The summed E-state index contributed by atoms with van der Waals surface area (Å²) in [5.74, 6) is 0.109. The standard InChI is InChI=1S/C16H19ClN2O2/c1-11-16(21)18-8-2-3-14(18)10-19(11)15(20)9-12-4-6-13(17)7-5-12/h4-7,11,14H,2-3,8-10H2,1H3/t11-,14-/m1/s1. The monoisotopic (exact) mass is 306 g/mol. The third kappa shape index (κ3) is 2.77. The first-order valence-electron chi connectivity index (χ1n) is 7.40. The number of hydrogen-bond acceptors (Lipinski definition) is 2. The van der Waals surface area contributed by atoms with Crippen molar-refractivity contribution in [3.63, 3.8) is 0 Å². The van der Waals surface area contributed by atoms with Crippen LogP contribution in [-0.2, 0) is 16.0 Å². The summed E-state index contributed by atoms with van der Waals surface area (Å²) in [6.45, 7) is 3.34. The number of hydrogen-bond donors (Lipinski definition) is 0. The number of halogens is 1. The summed E-state index contributed by atoms with van der Waals surface area (Å²) in [5.41, 5.74) is 0.929. The number of carbonyl (C=O) groups excluding carboxylic acids is 2. The summed E-state index contributed by atoms with van der Waals surface area (Å²) in [6, 6.07) is 7.15. The molecule has 0 bridgehead atoms. The van der Waals surface area contributed by atoms with Crippen molar-refractivity contribution in [2.24, 2.45) is 0 Å². The fourth-order valence-corrected chi connectivity index (χ4v) is 3.40. The second-order valence-electron chi connectivity index (χ2n) is 5.85. The minimum atomic E-state index is -0.348. The maximum atomic E-state index is 12.5. The van der Waals surface area contributed by atoms with Gasteiger partial charge in [-0.2, -0.15) is 0 Å². The Labute approximate surface area is 129 Å². The Hall–Kier alpha value is -1.55. The summed E-state index contributed by atoms with van der Waals surface area (Å²) in [4.78, 5) is 28.5. The second-order valence-corrected chi connectivity index (χ2v) is 6.29. The van der Waals surface area contributed by atoms with Crippen molar-refractivity contribution in [1.82, 2.24) is 9.80 Å². The van der Waals surface area contributed by atoms with Gasteiger partial charge in [-0.3, -0.25) is 9.59 Å². The molecule has 2 atom stereocenters. The van der Waals surface area contributed by atoms with Gasteiger partial charge in [-0.15, -0.1) is 0 Å². The van der Waals surface area contributed by atoms with E-state index in [-0.39, 0.29) is 23.9 Å². The van der Waals surface area contributed by atoms with Crippen molar-refractivity contribution in [2.75, 3.05) is 13.1 Å². The maximum absolute atomic E-state index is 12.5. The van der Waals surface area contributed by atoms with Crippen molar-refractivity contribution in [3.05, 3.63) is 34.9 Å². The highest BCUT2D eigenvalue weighted by Gasteiger charge is 2.41. The molecule has 0 aliphatic carbocycles. The Kier molecular flexibility index (Phi) is 3.89. The van der Waals surface area contributed by atoms with Crippen molar-refractivity contribution in [3.8, 4) is 0 Å². The van der Waals surface area contributed by atoms with Gasteiger partial charge >= 0.3 is 0 Å². The average Bonchev–Trinajstić information content (AvgIpc) is 2.94. The zero-order valence-corrected chi connectivity index (χ0v) is 12.8. The zero-order chi connectivity index (χ0) is 15.0. The second kappa shape index (κ2) is 5.68. The van der Waals surface area contributed by atoms with E-state index >= 15 is 0 Å². The molecule has 0 aromatic heterocycles. The Morgan fingerprint density at radius 3 is 2.76 bits per heavy atom. The SMILES string of the molecule is C[C@@H]1C(=O)N2CCC[C@@H]2CN1C(=O)Cc1ccc(Cl)cc1. The molecule has 2 fully saturated rings. The van der Waals surface area contributed by atoms with Crippen LogP contribution in [0, 0.1) is 0 Å². The summed E-state index contributed by atoms with van der Waals surface area (Å²) in [7, 11) is 0. The van der Waals surface area contributed by atoms with E-state index in [1.165, 1.54) is 0 Å². The molecule has 2 saturated heterocycles. The van der Waals surface area contributed by atoms with Crippen LogP contribution in [0.25, 0.3) is 0 Å². The van der Waals surface area contributed by atoms with Gasteiger partial charge in [-0.25, -0.2) is 0 Å². The van der Waals surface area contributed by atoms with Crippen LogP contribution < -0.4 is 0 Å². The average molecular weight is 307 g/mol. The molecule has 1 aromatic carbocycles. The van der Waals surface area contributed by atoms with Gasteiger partial charge in [0.1, 0.15) is 6.04 Å². The Bertz CT molecular complexity index is 558. The molecule has 0 spiro atoms. The predicted molar refractivity (Wildman–Crippen MR) is 81.1 cm³/mol. The lowest BCUT2D eigenvalue weighted by Crippen LogP contribution is -2.60. The van der Waals surface area contributed by atoms with Crippen molar-refractivity contribution in [1.29, 1.82) is 0 Å². The van der Waals surface area contributed by atoms with Crippen LogP contribution >= 0.6 is 11.6 Å². The van der Waals surface area contributed by atoms with E-state index < -0.39 is 0 Å². The predicted octanol–water partition coefficient (Wildman–Crippen LogP) is 2.10. The molecule has 2 aliphatic heterocycles. The molecule has 0 radical (unpaired) electrons. The van der Waals surface area contributed by atoms with Crippen LogP contribution in [0.2, 0.25) is 5.02 Å². The summed E-state index contributed by atoms with van der Waals surface area (Å²) >= 11 is 5.85. The van der Waals surface area contributed by atoms with E-state index in [0.717, 1.165) is 24.9 Å². The normalized spacial score (nSPS) is 25.1. The van der Waals surface area contributed by atoms with Crippen LogP contribution in [0.4, 0.5) is 0 Å². The van der Waals surface area contributed by atoms with E-state index in [9.17, 15) is 9.59 Å². The number of nitrogens with zero attached hydrogens (tertiary/aromatic N) is 2. The van der Waals surface area contributed by atoms with E-state index in [2.05, 4.69) is 0 Å². The number of piperazine rings is 1. The molecule has 5 heteroatoms. The van der Waals surface area contributed by atoms with Crippen LogP contribution in [0.5, 0.6) is 0 Å². The van der Waals surface area contributed by atoms with Gasteiger partial charge in [-0.05, 0) is 37.5 Å². The molecule has 0 unspecified atom stereocenters. The molecular formula is C16H19ClN2O2. The third-order valence-electron chi connectivity index (χ3n) is 4.48. The van der Waals surface area contributed by atoms with Gasteiger partial charge in [-0.1, -0.05) is 23.7 Å². The van der Waals surface area contributed by atoms with Crippen molar-refractivity contribution >= 4 is 23.4 Å². The first-order chi connectivity index (χ1) is 10.1. The van der Waals surface area contributed by atoms with E-state index in [0.29, 0.717) is 18.0 Å². The minimum Gasteiger partial charge on any atom is -0.336 e. The fourth-order valence-electron chi connectivity index (χ4n) is 3.27. The molecular weight excluding hydrogens is 288 g/mol. The lowest BCUT2D eigenvalue weighted by molar-refractivity contribution is -0.152. The molecule has 21 heavy (non-hydrogen) atoms. The highest BCUT2D eigenvalue weighted by molar-refractivity contribution is 6.30. The van der Waals surface area contributed by atoms with Crippen LogP contribution in [0.15, 0.2) is 24.3 Å². The van der Waals surface area contributed by atoms with Crippen LogP contribution in [-0.4, -0.2) is 46.8 Å². The summed E-state index contributed by atoms with van der Waals surface area (Å²) in [5, 5.41) is 0.661. The van der Waals surface area contributed by atoms with E-state index in [4.69, 9.17) is 11.6 Å². The van der Waals surface area contributed by atoms with Crippen LogP contribution in [0.3, 0.4) is 0 Å². The molecule has 3 rings (SSSR count).